The summed E-state index contributed by atoms with van der Waals surface area (Å²) in [6, 6.07) is 8.66. The average Bonchev–Trinajstić information content (AvgIpc) is 2.75. The lowest BCUT2D eigenvalue weighted by Gasteiger charge is -2.09. The van der Waals surface area contributed by atoms with Crippen LogP contribution in [0.2, 0.25) is 0 Å². The molecule has 3 rings (SSSR count). The van der Waals surface area contributed by atoms with Crippen molar-refractivity contribution in [1.82, 2.24) is 9.55 Å². The predicted molar refractivity (Wildman–Crippen MR) is 90.4 cm³/mol. The van der Waals surface area contributed by atoms with E-state index >= 15 is 0 Å². The number of methoxy groups -OCH3 is 1. The number of benzene rings is 2. The first-order valence-corrected chi connectivity index (χ1v) is 7.94. The highest BCUT2D eigenvalue weighted by molar-refractivity contribution is 9.10. The second-order valence-electron chi connectivity index (χ2n) is 4.37. The van der Waals surface area contributed by atoms with E-state index < -0.39 is 0 Å². The van der Waals surface area contributed by atoms with Crippen LogP contribution in [0.1, 0.15) is 0 Å². The lowest BCUT2D eigenvalue weighted by Crippen LogP contribution is -1.97. The highest BCUT2D eigenvalue weighted by Crippen LogP contribution is 2.31. The van der Waals surface area contributed by atoms with Crippen LogP contribution >= 0.6 is 44.1 Å². The maximum Gasteiger partial charge on any atom is 0.182 e. The van der Waals surface area contributed by atoms with E-state index in [1.807, 2.05) is 18.2 Å². The molecular formula is C14H9Br2FN2OS. The molecule has 0 spiro atoms. The molecule has 3 aromatic rings. The van der Waals surface area contributed by atoms with Gasteiger partial charge >= 0.3 is 0 Å². The predicted octanol–water partition coefficient (Wildman–Crippen LogP) is 5.36. The van der Waals surface area contributed by atoms with E-state index in [-0.39, 0.29) is 5.82 Å². The molecule has 0 amide bonds. The van der Waals surface area contributed by atoms with E-state index in [9.17, 15) is 4.39 Å². The Morgan fingerprint density at radius 3 is 2.67 bits per heavy atom. The van der Waals surface area contributed by atoms with Crippen LogP contribution in [0.15, 0.2) is 39.3 Å². The number of ether oxygens (including phenoxy) is 1. The second-order valence-corrected chi connectivity index (χ2v) is 6.46. The number of imidazole rings is 1. The SMILES string of the molecule is COc1ccc(Br)c(-n2c(=S)[nH]c3cc(Br)c(F)cc32)c1. The van der Waals surface area contributed by atoms with Gasteiger partial charge < -0.3 is 9.72 Å². The summed E-state index contributed by atoms with van der Waals surface area (Å²) in [6.45, 7) is 0. The number of H-pyrrole nitrogens is 1. The Balaban J connectivity index is 2.37. The number of fused-ring (bicyclic) bond motifs is 1. The summed E-state index contributed by atoms with van der Waals surface area (Å²) < 4.78 is 22.6. The van der Waals surface area contributed by atoms with Gasteiger partial charge in [-0.3, -0.25) is 4.57 Å². The normalized spacial score (nSPS) is 11.0. The molecule has 0 fully saturated rings. The maximum absolute atomic E-state index is 13.9. The standard InChI is InChI=1S/C14H9Br2FN2OS/c1-20-7-2-3-8(15)12(4-7)19-13-6-10(17)9(16)5-11(13)18-14(19)21/h2-6H,1H3,(H,18,21). The zero-order valence-electron chi connectivity index (χ0n) is 10.8. The Labute approximate surface area is 142 Å². The zero-order chi connectivity index (χ0) is 15.1. The van der Waals surface area contributed by atoms with Gasteiger partial charge in [-0.05, 0) is 62.3 Å². The molecule has 1 heterocycles. The molecule has 0 unspecified atom stereocenters. The van der Waals surface area contributed by atoms with Crippen LogP contribution < -0.4 is 4.74 Å². The van der Waals surface area contributed by atoms with Gasteiger partial charge in [-0.2, -0.15) is 0 Å². The van der Waals surface area contributed by atoms with Crippen molar-refractivity contribution in [2.45, 2.75) is 0 Å². The van der Waals surface area contributed by atoms with Gasteiger partial charge in [0.1, 0.15) is 11.6 Å². The minimum Gasteiger partial charge on any atom is -0.497 e. The smallest absolute Gasteiger partial charge is 0.182 e. The van der Waals surface area contributed by atoms with Gasteiger partial charge in [-0.25, -0.2) is 4.39 Å². The zero-order valence-corrected chi connectivity index (χ0v) is 14.8. The second kappa shape index (κ2) is 5.55. The third-order valence-electron chi connectivity index (χ3n) is 3.12. The van der Waals surface area contributed by atoms with Crippen molar-refractivity contribution in [2.75, 3.05) is 7.11 Å². The van der Waals surface area contributed by atoms with E-state index in [2.05, 4.69) is 36.8 Å². The Hall–Kier alpha value is -1.18. The van der Waals surface area contributed by atoms with Crippen molar-refractivity contribution in [1.29, 1.82) is 0 Å². The van der Waals surface area contributed by atoms with E-state index in [4.69, 9.17) is 17.0 Å². The van der Waals surface area contributed by atoms with E-state index in [0.717, 1.165) is 15.7 Å². The van der Waals surface area contributed by atoms with Crippen LogP contribution in [0, 0.1) is 10.6 Å². The molecule has 7 heteroatoms. The van der Waals surface area contributed by atoms with E-state index in [1.165, 1.54) is 6.07 Å². The van der Waals surface area contributed by atoms with Gasteiger partial charge in [0, 0.05) is 16.6 Å². The number of halogens is 3. The summed E-state index contributed by atoms with van der Waals surface area (Å²) in [7, 11) is 1.60. The highest BCUT2D eigenvalue weighted by atomic mass is 79.9. The number of hydrogen-bond acceptors (Lipinski definition) is 2. The van der Waals surface area contributed by atoms with Crippen molar-refractivity contribution < 1.29 is 9.13 Å². The van der Waals surface area contributed by atoms with Crippen LogP contribution in [-0.4, -0.2) is 16.7 Å². The van der Waals surface area contributed by atoms with Crippen molar-refractivity contribution in [3.05, 3.63) is 49.9 Å². The molecule has 108 valence electrons. The van der Waals surface area contributed by atoms with Gasteiger partial charge in [0.2, 0.25) is 0 Å². The van der Waals surface area contributed by atoms with Gasteiger partial charge in [0.05, 0.1) is 28.3 Å². The molecule has 0 radical (unpaired) electrons. The van der Waals surface area contributed by atoms with Crippen molar-refractivity contribution in [3.8, 4) is 11.4 Å². The lowest BCUT2D eigenvalue weighted by atomic mass is 10.2. The summed E-state index contributed by atoms with van der Waals surface area (Å²) in [6.07, 6.45) is 0. The third-order valence-corrected chi connectivity index (χ3v) is 4.68. The van der Waals surface area contributed by atoms with Crippen molar-refractivity contribution in [2.24, 2.45) is 0 Å². The molecule has 21 heavy (non-hydrogen) atoms. The number of nitrogens with one attached hydrogen (secondary N) is 1. The number of rotatable bonds is 2. The molecule has 2 aromatic carbocycles. The Morgan fingerprint density at radius 2 is 1.95 bits per heavy atom. The number of hydrogen-bond donors (Lipinski definition) is 1. The molecule has 0 aliphatic rings. The van der Waals surface area contributed by atoms with Crippen LogP contribution in [-0.2, 0) is 0 Å². The largest absolute Gasteiger partial charge is 0.497 e. The van der Waals surface area contributed by atoms with Crippen LogP contribution in [0.25, 0.3) is 16.7 Å². The van der Waals surface area contributed by atoms with Crippen LogP contribution in [0.5, 0.6) is 5.75 Å². The van der Waals surface area contributed by atoms with Gasteiger partial charge in [0.25, 0.3) is 0 Å². The van der Waals surface area contributed by atoms with E-state index in [0.29, 0.717) is 20.5 Å². The van der Waals surface area contributed by atoms with Crippen molar-refractivity contribution >= 4 is 55.1 Å². The molecule has 0 saturated heterocycles. The maximum atomic E-state index is 13.9. The Kier molecular flexibility index (Phi) is 3.90. The number of aromatic amines is 1. The fourth-order valence-electron chi connectivity index (χ4n) is 2.13. The van der Waals surface area contributed by atoms with Crippen LogP contribution in [0.4, 0.5) is 4.39 Å². The summed E-state index contributed by atoms with van der Waals surface area (Å²) in [5, 5.41) is 0. The number of aromatic nitrogens is 2. The van der Waals surface area contributed by atoms with Crippen molar-refractivity contribution in [3.63, 3.8) is 0 Å². The third kappa shape index (κ3) is 2.54. The van der Waals surface area contributed by atoms with Gasteiger partial charge in [-0.15, -0.1) is 0 Å². The summed E-state index contributed by atoms with van der Waals surface area (Å²) in [5.41, 5.74) is 2.20. The molecule has 0 bridgehead atoms. The topological polar surface area (TPSA) is 29.9 Å². The molecule has 3 nitrogen and oxygen atoms in total. The molecular weight excluding hydrogens is 423 g/mol. The lowest BCUT2D eigenvalue weighted by molar-refractivity contribution is 0.414. The summed E-state index contributed by atoms with van der Waals surface area (Å²) >= 11 is 12.0. The quantitative estimate of drug-likeness (QED) is 0.553. The van der Waals surface area contributed by atoms with Gasteiger partial charge in [-0.1, -0.05) is 0 Å². The molecule has 1 N–H and O–H groups in total. The van der Waals surface area contributed by atoms with Crippen LogP contribution in [0.3, 0.4) is 0 Å². The highest BCUT2D eigenvalue weighted by Gasteiger charge is 2.13. The number of nitrogens with zero attached hydrogens (tertiary/aromatic N) is 1. The molecule has 0 saturated carbocycles. The van der Waals surface area contributed by atoms with E-state index in [1.54, 1.807) is 17.7 Å². The minimum atomic E-state index is -0.343. The molecule has 0 aliphatic carbocycles. The Bertz CT molecular complexity index is 904. The minimum absolute atomic E-state index is 0.343. The average molecular weight is 432 g/mol. The molecule has 0 atom stereocenters. The monoisotopic (exact) mass is 430 g/mol. The first-order valence-electron chi connectivity index (χ1n) is 5.95. The summed E-state index contributed by atoms with van der Waals surface area (Å²) in [5.74, 6) is 0.353. The fraction of sp³-hybridized carbons (Fsp3) is 0.0714. The molecule has 1 aromatic heterocycles. The first-order chi connectivity index (χ1) is 10.0. The fourth-order valence-corrected chi connectivity index (χ4v) is 3.21. The first kappa shape index (κ1) is 14.7. The molecule has 0 aliphatic heterocycles. The Morgan fingerprint density at radius 1 is 1.19 bits per heavy atom. The summed E-state index contributed by atoms with van der Waals surface area (Å²) in [4.78, 5) is 3.08. The van der Waals surface area contributed by atoms with Gasteiger partial charge in [0.15, 0.2) is 4.77 Å².